The molecule has 34 heavy (non-hydrogen) atoms. The molecular formula is C26H33N3O4S. The maximum absolute atomic E-state index is 13.2. The smallest absolute Gasteiger partial charge is 0.241 e. The Morgan fingerprint density at radius 3 is 2.59 bits per heavy atom. The zero-order chi connectivity index (χ0) is 24.5. The molecule has 2 amide bonds. The fourth-order valence-electron chi connectivity index (χ4n) is 4.89. The topological polar surface area (TPSA) is 95.6 Å². The highest BCUT2D eigenvalue weighted by Crippen LogP contribution is 2.32. The number of carbonyl (C=O) groups is 2. The first kappa shape index (κ1) is 24.4. The van der Waals surface area contributed by atoms with Crippen LogP contribution >= 0.6 is 0 Å². The van der Waals surface area contributed by atoms with Crippen molar-refractivity contribution < 1.29 is 18.0 Å². The van der Waals surface area contributed by atoms with E-state index in [2.05, 4.69) is 16.1 Å². The predicted molar refractivity (Wildman–Crippen MR) is 132 cm³/mol. The first-order valence-electron chi connectivity index (χ1n) is 12.0. The van der Waals surface area contributed by atoms with Gasteiger partial charge >= 0.3 is 0 Å². The van der Waals surface area contributed by atoms with Gasteiger partial charge in [0.1, 0.15) is 6.04 Å². The third-order valence-electron chi connectivity index (χ3n) is 6.78. The summed E-state index contributed by atoms with van der Waals surface area (Å²) in [4.78, 5) is 27.2. The van der Waals surface area contributed by atoms with Gasteiger partial charge in [0.25, 0.3) is 0 Å². The lowest BCUT2D eigenvalue weighted by molar-refractivity contribution is -0.124. The highest BCUT2D eigenvalue weighted by atomic mass is 32.2. The van der Waals surface area contributed by atoms with Gasteiger partial charge in [-0.2, -0.15) is 4.72 Å². The second-order valence-corrected chi connectivity index (χ2v) is 11.1. The number of nitrogens with zero attached hydrogens (tertiary/aromatic N) is 1. The van der Waals surface area contributed by atoms with Crippen molar-refractivity contribution in [3.05, 3.63) is 59.2 Å². The number of sulfonamides is 1. The van der Waals surface area contributed by atoms with Gasteiger partial charge in [0.05, 0.1) is 10.9 Å². The Hall–Kier alpha value is -2.71. The van der Waals surface area contributed by atoms with Gasteiger partial charge in [-0.3, -0.25) is 9.59 Å². The molecule has 7 nitrogen and oxygen atoms in total. The molecule has 0 unspecified atom stereocenters. The molecule has 0 saturated carbocycles. The van der Waals surface area contributed by atoms with Gasteiger partial charge in [-0.15, -0.1) is 0 Å². The predicted octanol–water partition coefficient (Wildman–Crippen LogP) is 3.48. The summed E-state index contributed by atoms with van der Waals surface area (Å²) in [5.74, 6) is -0.532. The van der Waals surface area contributed by atoms with Gasteiger partial charge < -0.3 is 10.2 Å². The highest BCUT2D eigenvalue weighted by molar-refractivity contribution is 7.89. The minimum absolute atomic E-state index is 0.0216. The summed E-state index contributed by atoms with van der Waals surface area (Å²) < 4.78 is 29.1. The quantitative estimate of drug-likeness (QED) is 0.630. The van der Waals surface area contributed by atoms with Gasteiger partial charge in [-0.1, -0.05) is 45.0 Å². The number of rotatable bonds is 7. The molecular weight excluding hydrogens is 450 g/mol. The summed E-state index contributed by atoms with van der Waals surface area (Å²) in [6, 6.07) is 11.9. The molecule has 2 N–H and O–H groups in total. The molecule has 1 heterocycles. The molecule has 8 heteroatoms. The molecule has 0 aromatic heterocycles. The van der Waals surface area contributed by atoms with E-state index in [1.54, 1.807) is 17.0 Å². The zero-order valence-corrected chi connectivity index (χ0v) is 20.8. The van der Waals surface area contributed by atoms with Crippen LogP contribution in [0.15, 0.2) is 47.4 Å². The first-order valence-corrected chi connectivity index (χ1v) is 13.5. The van der Waals surface area contributed by atoms with E-state index in [1.165, 1.54) is 11.6 Å². The number of fused-ring (bicyclic) bond motifs is 2. The van der Waals surface area contributed by atoms with Gasteiger partial charge in [-0.05, 0) is 66.5 Å². The molecule has 0 spiro atoms. The fraction of sp³-hybridized carbons (Fsp3) is 0.462. The lowest BCUT2D eigenvalue weighted by Gasteiger charge is -2.29. The summed E-state index contributed by atoms with van der Waals surface area (Å²) in [5.41, 5.74) is 3.93. The number of anilines is 1. The van der Waals surface area contributed by atoms with Crippen LogP contribution in [0.1, 0.15) is 62.8 Å². The third-order valence-corrected chi connectivity index (χ3v) is 8.22. The number of amides is 2. The standard InChI is InChI=1S/C26H33N3O4S/c1-4-24(30)29-15-14-19-16-20(12-13-23(19)29)34(32,33)28-25(17(2)3)26(31)27-22-11-7-9-18-8-5-6-10-21(18)22/h5-6,8,10,12-13,16-17,22,25,28H,4,7,9,11,14-15H2,1-3H3,(H,27,31)/t22-,25+/m1/s1. The Bertz CT molecular complexity index is 1190. The monoisotopic (exact) mass is 483 g/mol. The Kier molecular flexibility index (Phi) is 7.09. The molecule has 182 valence electrons. The molecule has 2 atom stereocenters. The Morgan fingerprint density at radius 1 is 1.09 bits per heavy atom. The van der Waals surface area contributed by atoms with Crippen LogP contribution in [0, 0.1) is 5.92 Å². The van der Waals surface area contributed by atoms with Crippen LogP contribution in [-0.4, -0.2) is 32.8 Å². The van der Waals surface area contributed by atoms with Crippen molar-refractivity contribution in [1.82, 2.24) is 10.0 Å². The molecule has 2 aliphatic rings. The third kappa shape index (κ3) is 4.88. The van der Waals surface area contributed by atoms with Crippen LogP contribution in [0.2, 0.25) is 0 Å². The first-order chi connectivity index (χ1) is 16.2. The van der Waals surface area contributed by atoms with Crippen LogP contribution in [0.4, 0.5) is 5.69 Å². The fourth-order valence-corrected chi connectivity index (χ4v) is 6.28. The molecule has 0 fully saturated rings. The van der Waals surface area contributed by atoms with E-state index in [1.807, 2.05) is 39.0 Å². The van der Waals surface area contributed by atoms with Gasteiger partial charge in [-0.25, -0.2) is 8.42 Å². The number of aryl methyl sites for hydroxylation is 1. The summed E-state index contributed by atoms with van der Waals surface area (Å²) >= 11 is 0. The average Bonchev–Trinajstić information content (AvgIpc) is 3.25. The summed E-state index contributed by atoms with van der Waals surface area (Å²) in [7, 11) is -3.93. The van der Waals surface area contributed by atoms with E-state index < -0.39 is 16.1 Å². The van der Waals surface area contributed by atoms with Crippen molar-refractivity contribution in [1.29, 1.82) is 0 Å². The van der Waals surface area contributed by atoms with Crippen molar-refractivity contribution in [3.8, 4) is 0 Å². The Labute approximate surface area is 202 Å². The number of hydrogen-bond acceptors (Lipinski definition) is 4. The van der Waals surface area contributed by atoms with Crippen molar-refractivity contribution >= 4 is 27.5 Å². The lowest BCUT2D eigenvalue weighted by Crippen LogP contribution is -2.50. The SMILES string of the molecule is CCC(=O)N1CCc2cc(S(=O)(=O)N[C@H](C(=O)N[C@@H]3CCCc4ccccc43)C(C)C)ccc21. The van der Waals surface area contributed by atoms with E-state index in [0.717, 1.165) is 36.1 Å². The minimum Gasteiger partial charge on any atom is -0.348 e. The maximum atomic E-state index is 13.2. The second kappa shape index (κ2) is 9.88. The van der Waals surface area contributed by atoms with Crippen LogP contribution in [0.25, 0.3) is 0 Å². The number of nitrogens with one attached hydrogen (secondary N) is 2. The second-order valence-electron chi connectivity index (χ2n) is 9.43. The van der Waals surface area contributed by atoms with E-state index in [4.69, 9.17) is 0 Å². The molecule has 0 saturated heterocycles. The summed E-state index contributed by atoms with van der Waals surface area (Å²) in [6.07, 6.45) is 3.81. The van der Waals surface area contributed by atoms with Gasteiger partial charge in [0.2, 0.25) is 21.8 Å². The van der Waals surface area contributed by atoms with Crippen molar-refractivity contribution in [2.45, 2.75) is 69.9 Å². The van der Waals surface area contributed by atoms with E-state index in [0.29, 0.717) is 19.4 Å². The van der Waals surface area contributed by atoms with Gasteiger partial charge in [0, 0.05) is 18.7 Å². The minimum atomic E-state index is -3.93. The Balaban J connectivity index is 1.52. The molecule has 2 aromatic rings. The molecule has 4 rings (SSSR count). The Morgan fingerprint density at radius 2 is 1.85 bits per heavy atom. The van der Waals surface area contributed by atoms with Crippen molar-refractivity contribution in [3.63, 3.8) is 0 Å². The number of benzene rings is 2. The van der Waals surface area contributed by atoms with Crippen LogP contribution < -0.4 is 14.9 Å². The number of carbonyl (C=O) groups excluding carboxylic acids is 2. The molecule has 0 radical (unpaired) electrons. The van der Waals surface area contributed by atoms with E-state index in [-0.39, 0.29) is 28.7 Å². The van der Waals surface area contributed by atoms with Crippen LogP contribution in [0.5, 0.6) is 0 Å². The van der Waals surface area contributed by atoms with E-state index >= 15 is 0 Å². The number of hydrogen-bond donors (Lipinski definition) is 2. The van der Waals surface area contributed by atoms with Gasteiger partial charge in [0.15, 0.2) is 0 Å². The lowest BCUT2D eigenvalue weighted by atomic mass is 9.87. The maximum Gasteiger partial charge on any atom is 0.241 e. The largest absolute Gasteiger partial charge is 0.348 e. The van der Waals surface area contributed by atoms with E-state index in [9.17, 15) is 18.0 Å². The molecule has 1 aliphatic carbocycles. The molecule has 1 aliphatic heterocycles. The zero-order valence-electron chi connectivity index (χ0n) is 20.0. The average molecular weight is 484 g/mol. The van der Waals surface area contributed by atoms with Crippen LogP contribution in [-0.2, 0) is 32.5 Å². The van der Waals surface area contributed by atoms with Crippen LogP contribution in [0.3, 0.4) is 0 Å². The summed E-state index contributed by atoms with van der Waals surface area (Å²) in [6.45, 7) is 6.03. The van der Waals surface area contributed by atoms with Crippen molar-refractivity contribution in [2.24, 2.45) is 5.92 Å². The summed E-state index contributed by atoms with van der Waals surface area (Å²) in [5, 5.41) is 3.09. The molecule has 0 bridgehead atoms. The normalized spacial score (nSPS) is 18.4. The highest BCUT2D eigenvalue weighted by Gasteiger charge is 2.32. The molecule has 2 aromatic carbocycles. The van der Waals surface area contributed by atoms with Crippen molar-refractivity contribution in [2.75, 3.05) is 11.4 Å².